The van der Waals surface area contributed by atoms with E-state index in [-0.39, 0.29) is 5.78 Å². The van der Waals surface area contributed by atoms with Gasteiger partial charge in [0.25, 0.3) is 0 Å². The van der Waals surface area contributed by atoms with Crippen LogP contribution in [0.2, 0.25) is 0 Å². The number of carbonyl (C=O) groups is 1. The highest BCUT2D eigenvalue weighted by atomic mass is 16.6. The SMILES string of the molecule is CO/N=C(/C)c1ccc(C)cc1C(=O)c1ccccc1. The fourth-order valence-corrected chi connectivity index (χ4v) is 2.09. The van der Waals surface area contributed by atoms with Gasteiger partial charge < -0.3 is 4.84 Å². The number of ketones is 1. The van der Waals surface area contributed by atoms with Crippen molar-refractivity contribution in [3.05, 3.63) is 70.8 Å². The van der Waals surface area contributed by atoms with E-state index in [9.17, 15) is 4.79 Å². The third-order valence-electron chi connectivity index (χ3n) is 3.07. The van der Waals surface area contributed by atoms with Gasteiger partial charge in [-0.2, -0.15) is 0 Å². The monoisotopic (exact) mass is 267 g/mol. The van der Waals surface area contributed by atoms with Crippen LogP contribution in [0.15, 0.2) is 53.7 Å². The van der Waals surface area contributed by atoms with Gasteiger partial charge in [-0.15, -0.1) is 0 Å². The highest BCUT2D eigenvalue weighted by Crippen LogP contribution is 2.18. The van der Waals surface area contributed by atoms with Crippen molar-refractivity contribution in [2.75, 3.05) is 7.11 Å². The summed E-state index contributed by atoms with van der Waals surface area (Å²) in [5, 5.41) is 3.93. The Hall–Kier alpha value is -2.42. The van der Waals surface area contributed by atoms with Crippen LogP contribution in [0.25, 0.3) is 0 Å². The van der Waals surface area contributed by atoms with Crippen molar-refractivity contribution in [3.63, 3.8) is 0 Å². The van der Waals surface area contributed by atoms with Crippen LogP contribution in [0.5, 0.6) is 0 Å². The van der Waals surface area contributed by atoms with Gasteiger partial charge in [0, 0.05) is 16.7 Å². The molecule has 0 spiro atoms. The maximum atomic E-state index is 12.6. The summed E-state index contributed by atoms with van der Waals surface area (Å²) in [5.41, 5.74) is 3.84. The molecule has 2 aromatic rings. The first-order chi connectivity index (χ1) is 9.63. The lowest BCUT2D eigenvalue weighted by atomic mass is 9.94. The maximum Gasteiger partial charge on any atom is 0.193 e. The van der Waals surface area contributed by atoms with Crippen molar-refractivity contribution in [2.45, 2.75) is 13.8 Å². The molecule has 0 saturated heterocycles. The number of hydrogen-bond acceptors (Lipinski definition) is 3. The summed E-state index contributed by atoms with van der Waals surface area (Å²) in [6.45, 7) is 3.80. The van der Waals surface area contributed by atoms with Gasteiger partial charge in [-0.05, 0) is 19.9 Å². The molecule has 0 fully saturated rings. The van der Waals surface area contributed by atoms with E-state index in [2.05, 4.69) is 5.16 Å². The summed E-state index contributed by atoms with van der Waals surface area (Å²) >= 11 is 0. The average molecular weight is 267 g/mol. The van der Waals surface area contributed by atoms with E-state index in [1.54, 1.807) is 0 Å². The van der Waals surface area contributed by atoms with Crippen molar-refractivity contribution in [1.82, 2.24) is 0 Å². The first-order valence-corrected chi connectivity index (χ1v) is 6.42. The highest BCUT2D eigenvalue weighted by molar-refractivity contribution is 6.16. The molecule has 0 radical (unpaired) electrons. The molecule has 0 heterocycles. The fourth-order valence-electron chi connectivity index (χ4n) is 2.09. The lowest BCUT2D eigenvalue weighted by Crippen LogP contribution is -2.09. The van der Waals surface area contributed by atoms with Crippen molar-refractivity contribution in [1.29, 1.82) is 0 Å². The number of rotatable bonds is 4. The van der Waals surface area contributed by atoms with Crippen LogP contribution in [0.3, 0.4) is 0 Å². The van der Waals surface area contributed by atoms with Gasteiger partial charge in [0.05, 0.1) is 5.71 Å². The van der Waals surface area contributed by atoms with Crippen LogP contribution in [0, 0.1) is 6.92 Å². The standard InChI is InChI=1S/C17H17NO2/c1-12-9-10-15(13(2)18-20-3)16(11-12)17(19)14-7-5-4-6-8-14/h4-11H,1-3H3/b18-13-. The lowest BCUT2D eigenvalue weighted by Gasteiger charge is -2.09. The first kappa shape index (κ1) is 14.0. The van der Waals surface area contributed by atoms with Crippen LogP contribution < -0.4 is 0 Å². The van der Waals surface area contributed by atoms with Gasteiger partial charge in [0.1, 0.15) is 7.11 Å². The molecule has 3 heteroatoms. The molecule has 3 nitrogen and oxygen atoms in total. The first-order valence-electron chi connectivity index (χ1n) is 6.42. The zero-order chi connectivity index (χ0) is 14.5. The number of hydrogen-bond donors (Lipinski definition) is 0. The number of benzene rings is 2. The number of oxime groups is 1. The molecule has 0 saturated carbocycles. The Balaban J connectivity index is 2.53. The Morgan fingerprint density at radius 1 is 1.05 bits per heavy atom. The van der Waals surface area contributed by atoms with Gasteiger partial charge >= 0.3 is 0 Å². The van der Waals surface area contributed by atoms with Crippen molar-refractivity contribution in [3.8, 4) is 0 Å². The van der Waals surface area contributed by atoms with Crippen LogP contribution in [-0.2, 0) is 4.84 Å². The second-order valence-electron chi connectivity index (χ2n) is 4.60. The molecule has 0 N–H and O–H groups in total. The molecule has 0 aliphatic rings. The van der Waals surface area contributed by atoms with Gasteiger partial charge in [0.15, 0.2) is 5.78 Å². The van der Waals surface area contributed by atoms with Crippen LogP contribution in [0.4, 0.5) is 0 Å². The third kappa shape index (κ3) is 2.94. The van der Waals surface area contributed by atoms with E-state index in [1.807, 2.05) is 62.4 Å². The fraction of sp³-hybridized carbons (Fsp3) is 0.176. The predicted octanol–water partition coefficient (Wildman–Crippen LogP) is 3.60. The Kier molecular flexibility index (Phi) is 4.31. The molecule has 0 atom stereocenters. The summed E-state index contributed by atoms with van der Waals surface area (Å²) in [5.74, 6) is -0.00467. The third-order valence-corrected chi connectivity index (χ3v) is 3.07. The van der Waals surface area contributed by atoms with Gasteiger partial charge in [-0.3, -0.25) is 4.79 Å². The van der Waals surface area contributed by atoms with Crippen molar-refractivity contribution in [2.24, 2.45) is 5.16 Å². The number of carbonyl (C=O) groups excluding carboxylic acids is 1. The second-order valence-corrected chi connectivity index (χ2v) is 4.60. The largest absolute Gasteiger partial charge is 0.399 e. The summed E-state index contributed by atoms with van der Waals surface area (Å²) in [6.07, 6.45) is 0. The summed E-state index contributed by atoms with van der Waals surface area (Å²) in [6, 6.07) is 15.0. The molecule has 0 bridgehead atoms. The minimum Gasteiger partial charge on any atom is -0.399 e. The van der Waals surface area contributed by atoms with E-state index in [4.69, 9.17) is 4.84 Å². The predicted molar refractivity (Wildman–Crippen MR) is 80.3 cm³/mol. The number of nitrogens with zero attached hydrogens (tertiary/aromatic N) is 1. The highest BCUT2D eigenvalue weighted by Gasteiger charge is 2.15. The van der Waals surface area contributed by atoms with Gasteiger partial charge in [-0.25, -0.2) is 0 Å². The Morgan fingerprint density at radius 2 is 1.75 bits per heavy atom. The average Bonchev–Trinajstić information content (AvgIpc) is 2.47. The molecular formula is C17H17NO2. The van der Waals surface area contributed by atoms with E-state index in [1.165, 1.54) is 7.11 Å². The van der Waals surface area contributed by atoms with E-state index in [0.29, 0.717) is 16.8 Å². The van der Waals surface area contributed by atoms with Gasteiger partial charge in [0.2, 0.25) is 0 Å². The van der Waals surface area contributed by atoms with Gasteiger partial charge in [-0.1, -0.05) is 53.2 Å². The normalized spacial score (nSPS) is 11.2. The molecule has 0 aliphatic heterocycles. The minimum absolute atomic E-state index is 0.00467. The van der Waals surface area contributed by atoms with E-state index < -0.39 is 0 Å². The molecule has 2 aromatic carbocycles. The summed E-state index contributed by atoms with van der Waals surface area (Å²) in [4.78, 5) is 17.4. The molecule has 0 aliphatic carbocycles. The Bertz CT molecular complexity index is 645. The molecule has 102 valence electrons. The zero-order valence-corrected chi connectivity index (χ0v) is 11.9. The summed E-state index contributed by atoms with van der Waals surface area (Å²) < 4.78 is 0. The van der Waals surface area contributed by atoms with E-state index in [0.717, 1.165) is 11.1 Å². The molecule has 0 unspecified atom stereocenters. The van der Waals surface area contributed by atoms with Crippen LogP contribution >= 0.6 is 0 Å². The topological polar surface area (TPSA) is 38.7 Å². The minimum atomic E-state index is -0.00467. The van der Waals surface area contributed by atoms with Crippen LogP contribution in [-0.4, -0.2) is 18.6 Å². The smallest absolute Gasteiger partial charge is 0.193 e. The lowest BCUT2D eigenvalue weighted by molar-refractivity contribution is 0.103. The molecule has 2 rings (SSSR count). The molecular weight excluding hydrogens is 250 g/mol. The molecule has 20 heavy (non-hydrogen) atoms. The van der Waals surface area contributed by atoms with Crippen LogP contribution in [0.1, 0.15) is 34.0 Å². The molecule has 0 amide bonds. The second kappa shape index (κ2) is 6.15. The van der Waals surface area contributed by atoms with Crippen molar-refractivity contribution >= 4 is 11.5 Å². The Morgan fingerprint density at radius 3 is 2.40 bits per heavy atom. The quantitative estimate of drug-likeness (QED) is 0.482. The van der Waals surface area contributed by atoms with E-state index >= 15 is 0 Å². The number of aryl methyl sites for hydroxylation is 1. The Labute approximate surface area is 118 Å². The zero-order valence-electron chi connectivity index (χ0n) is 11.9. The van der Waals surface area contributed by atoms with Crippen molar-refractivity contribution < 1.29 is 9.63 Å². The maximum absolute atomic E-state index is 12.6. The molecule has 0 aromatic heterocycles. The summed E-state index contributed by atoms with van der Waals surface area (Å²) in [7, 11) is 1.50.